The van der Waals surface area contributed by atoms with Gasteiger partial charge in [0.15, 0.2) is 0 Å². The molecule has 2 heteroatoms. The van der Waals surface area contributed by atoms with Gasteiger partial charge in [-0.15, -0.1) is 0 Å². The molecular weight excluding hydrogens is 383 g/mol. The summed E-state index contributed by atoms with van der Waals surface area (Å²) in [6.45, 7) is 3.74. The lowest BCUT2D eigenvalue weighted by Gasteiger charge is -2.19. The highest BCUT2D eigenvalue weighted by atomic mass is 31.2. The Morgan fingerprint density at radius 1 is 0.467 bits per heavy atom. The average molecular weight is 406 g/mol. The summed E-state index contributed by atoms with van der Waals surface area (Å²) in [7, 11) is -2.47. The predicted octanol–water partition coefficient (Wildman–Crippen LogP) is 7.58. The van der Waals surface area contributed by atoms with Gasteiger partial charge < -0.3 is 4.57 Å². The fourth-order valence-electron chi connectivity index (χ4n) is 4.46. The van der Waals surface area contributed by atoms with Crippen molar-refractivity contribution < 1.29 is 4.57 Å². The van der Waals surface area contributed by atoms with Crippen molar-refractivity contribution in [1.29, 1.82) is 0 Å². The minimum Gasteiger partial charge on any atom is -0.319 e. The smallest absolute Gasteiger partial charge is 0.111 e. The number of benzene rings is 5. The maximum atomic E-state index is 13.3. The molecule has 0 saturated carbocycles. The molecule has 0 N–H and O–H groups in total. The van der Waals surface area contributed by atoms with Crippen LogP contribution in [0.2, 0.25) is 0 Å². The molecule has 146 valence electrons. The molecule has 0 aromatic heterocycles. The van der Waals surface area contributed by atoms with Gasteiger partial charge in [0.25, 0.3) is 0 Å². The zero-order chi connectivity index (χ0) is 20.7. The van der Waals surface area contributed by atoms with E-state index in [2.05, 4.69) is 84.9 Å². The molecule has 0 aliphatic rings. The lowest BCUT2D eigenvalue weighted by molar-refractivity contribution is 0.588. The highest BCUT2D eigenvalue weighted by molar-refractivity contribution is 7.71. The van der Waals surface area contributed by atoms with E-state index in [-0.39, 0.29) is 0 Å². The monoisotopic (exact) mass is 406 g/mol. The fraction of sp³-hybridized carbons (Fsp3) is 0.0714. The van der Waals surface area contributed by atoms with Gasteiger partial charge in [-0.1, -0.05) is 103 Å². The molecule has 0 radical (unpaired) electrons. The third-order valence-corrected chi connectivity index (χ3v) is 7.28. The molecule has 1 nitrogen and oxygen atoms in total. The first-order valence-electron chi connectivity index (χ1n) is 10.2. The maximum absolute atomic E-state index is 13.3. The van der Waals surface area contributed by atoms with Crippen LogP contribution in [0, 0.1) is 0 Å². The number of hydrogen-bond acceptors (Lipinski definition) is 1. The summed E-state index contributed by atoms with van der Waals surface area (Å²) in [5.74, 6) is 0. The Labute approximate surface area is 177 Å². The molecule has 0 aliphatic heterocycles. The molecule has 0 fully saturated rings. The quantitative estimate of drug-likeness (QED) is 0.223. The van der Waals surface area contributed by atoms with Gasteiger partial charge >= 0.3 is 0 Å². The summed E-state index contributed by atoms with van der Waals surface area (Å²) in [6.07, 6.45) is 0. The van der Waals surface area contributed by atoms with Gasteiger partial charge in [0.2, 0.25) is 0 Å². The van der Waals surface area contributed by atoms with Crippen LogP contribution in [-0.4, -0.2) is 13.3 Å². The van der Waals surface area contributed by atoms with Crippen LogP contribution in [-0.2, 0) is 4.57 Å². The summed E-state index contributed by atoms with van der Waals surface area (Å²) >= 11 is 0. The first-order valence-corrected chi connectivity index (χ1v) is 12.8. The predicted molar refractivity (Wildman–Crippen MR) is 131 cm³/mol. The topological polar surface area (TPSA) is 17.1 Å². The van der Waals surface area contributed by atoms with E-state index in [1.807, 2.05) is 31.5 Å². The fourth-order valence-corrected chi connectivity index (χ4v) is 6.01. The van der Waals surface area contributed by atoms with Crippen molar-refractivity contribution in [3.63, 3.8) is 0 Å². The second-order valence-corrected chi connectivity index (χ2v) is 11.3. The third-order valence-electron chi connectivity index (χ3n) is 5.72. The summed E-state index contributed by atoms with van der Waals surface area (Å²) in [6, 6.07) is 36.0. The molecule has 5 aromatic carbocycles. The van der Waals surface area contributed by atoms with E-state index >= 15 is 0 Å². The SMILES string of the molecule is CP(C)(=O)c1c2ccccc2c(-c2ccc(-c3ccccc3)cc2)c2ccccc12. The van der Waals surface area contributed by atoms with E-state index in [0.717, 1.165) is 26.8 Å². The number of rotatable bonds is 3. The van der Waals surface area contributed by atoms with Crippen molar-refractivity contribution >= 4 is 34.0 Å². The summed E-state index contributed by atoms with van der Waals surface area (Å²) in [5, 5.41) is 5.47. The minimum absolute atomic E-state index is 0.985. The Hall–Kier alpha value is -3.15. The Kier molecular flexibility index (Phi) is 4.57. The van der Waals surface area contributed by atoms with Gasteiger partial charge in [-0.3, -0.25) is 0 Å². The standard InChI is InChI=1S/C28H23OP/c1-30(2,29)28-25-14-8-6-12-23(25)27(24-13-7-9-15-26(24)28)22-18-16-21(17-19-22)20-10-4-3-5-11-20/h3-19H,1-2H3. The molecule has 0 spiro atoms. The molecule has 0 bridgehead atoms. The van der Waals surface area contributed by atoms with Crippen LogP contribution in [0.5, 0.6) is 0 Å². The lowest BCUT2D eigenvalue weighted by atomic mass is 9.91. The number of hydrogen-bond donors (Lipinski definition) is 0. The highest BCUT2D eigenvalue weighted by Crippen LogP contribution is 2.45. The number of fused-ring (bicyclic) bond motifs is 2. The van der Waals surface area contributed by atoms with E-state index in [1.54, 1.807) is 0 Å². The molecule has 0 unspecified atom stereocenters. The summed E-state index contributed by atoms with van der Waals surface area (Å²) < 4.78 is 13.3. The van der Waals surface area contributed by atoms with Crippen molar-refractivity contribution in [2.24, 2.45) is 0 Å². The molecule has 5 aromatic rings. The second kappa shape index (κ2) is 7.27. The van der Waals surface area contributed by atoms with Crippen LogP contribution in [0.3, 0.4) is 0 Å². The van der Waals surface area contributed by atoms with Crippen LogP contribution < -0.4 is 5.30 Å². The molecule has 5 rings (SSSR count). The van der Waals surface area contributed by atoms with Crippen LogP contribution in [0.4, 0.5) is 0 Å². The van der Waals surface area contributed by atoms with Gasteiger partial charge in [0.1, 0.15) is 7.14 Å². The molecule has 30 heavy (non-hydrogen) atoms. The molecular formula is C28H23OP. The van der Waals surface area contributed by atoms with E-state index in [9.17, 15) is 4.57 Å². The highest BCUT2D eigenvalue weighted by Gasteiger charge is 2.22. The van der Waals surface area contributed by atoms with Crippen molar-refractivity contribution in [2.45, 2.75) is 0 Å². The summed E-state index contributed by atoms with van der Waals surface area (Å²) in [5.41, 5.74) is 4.80. The van der Waals surface area contributed by atoms with Crippen molar-refractivity contribution in [1.82, 2.24) is 0 Å². The summed E-state index contributed by atoms with van der Waals surface area (Å²) in [4.78, 5) is 0. The van der Waals surface area contributed by atoms with Gasteiger partial charge in [0, 0.05) is 5.30 Å². The molecule has 0 atom stereocenters. The van der Waals surface area contributed by atoms with Crippen LogP contribution >= 0.6 is 7.14 Å². The van der Waals surface area contributed by atoms with Crippen molar-refractivity contribution in [3.8, 4) is 22.3 Å². The van der Waals surface area contributed by atoms with Gasteiger partial charge in [-0.25, -0.2) is 0 Å². The zero-order valence-electron chi connectivity index (χ0n) is 17.2. The largest absolute Gasteiger partial charge is 0.319 e. The first-order chi connectivity index (χ1) is 14.5. The van der Waals surface area contributed by atoms with E-state index in [0.29, 0.717) is 0 Å². The Morgan fingerprint density at radius 2 is 0.867 bits per heavy atom. The zero-order valence-corrected chi connectivity index (χ0v) is 18.1. The lowest BCUT2D eigenvalue weighted by Crippen LogP contribution is -2.08. The van der Waals surface area contributed by atoms with E-state index < -0.39 is 7.14 Å². The third kappa shape index (κ3) is 3.16. The van der Waals surface area contributed by atoms with Crippen molar-refractivity contribution in [2.75, 3.05) is 13.3 Å². The van der Waals surface area contributed by atoms with Crippen molar-refractivity contribution in [3.05, 3.63) is 103 Å². The van der Waals surface area contributed by atoms with Gasteiger partial charge in [-0.05, 0) is 57.1 Å². The van der Waals surface area contributed by atoms with Crippen LogP contribution in [0.1, 0.15) is 0 Å². The maximum Gasteiger partial charge on any atom is 0.111 e. The normalized spacial score (nSPS) is 11.8. The molecule has 0 saturated heterocycles. The van der Waals surface area contributed by atoms with E-state index in [1.165, 1.54) is 22.3 Å². The second-order valence-electron chi connectivity index (χ2n) is 8.11. The molecule has 0 heterocycles. The van der Waals surface area contributed by atoms with Crippen LogP contribution in [0.25, 0.3) is 43.8 Å². The van der Waals surface area contributed by atoms with Gasteiger partial charge in [-0.2, -0.15) is 0 Å². The Balaban J connectivity index is 1.82. The molecule has 0 amide bonds. The first kappa shape index (κ1) is 18.9. The van der Waals surface area contributed by atoms with Gasteiger partial charge in [0.05, 0.1) is 0 Å². The Bertz CT molecular complexity index is 1350. The Morgan fingerprint density at radius 3 is 1.37 bits per heavy atom. The average Bonchev–Trinajstić information content (AvgIpc) is 2.77. The van der Waals surface area contributed by atoms with Crippen LogP contribution in [0.15, 0.2) is 103 Å². The molecule has 0 aliphatic carbocycles. The minimum atomic E-state index is -2.47. The van der Waals surface area contributed by atoms with E-state index in [4.69, 9.17) is 0 Å².